The highest BCUT2D eigenvalue weighted by Crippen LogP contribution is 2.14. The monoisotopic (exact) mass is 302 g/mol. The van der Waals surface area contributed by atoms with Crippen LogP contribution in [0, 0.1) is 0 Å². The van der Waals surface area contributed by atoms with Crippen LogP contribution in [0.5, 0.6) is 0 Å². The number of morpholine rings is 1. The topological polar surface area (TPSA) is 105 Å². The average Bonchev–Trinajstić information content (AvgIpc) is 2.45. The molecular formula is C13H22N2O6. The number of esters is 1. The Labute approximate surface area is 123 Å². The normalized spacial score (nSPS) is 23.3. The van der Waals surface area contributed by atoms with E-state index in [0.717, 1.165) is 0 Å². The van der Waals surface area contributed by atoms with E-state index >= 15 is 0 Å². The van der Waals surface area contributed by atoms with Crippen LogP contribution >= 0.6 is 0 Å². The first-order valence-electron chi connectivity index (χ1n) is 6.87. The van der Waals surface area contributed by atoms with E-state index in [1.54, 1.807) is 4.90 Å². The Balaban J connectivity index is 2.70. The predicted molar refractivity (Wildman–Crippen MR) is 72.8 cm³/mol. The van der Waals surface area contributed by atoms with Gasteiger partial charge in [-0.2, -0.15) is 0 Å². The molecule has 8 heteroatoms. The van der Waals surface area contributed by atoms with Crippen LogP contribution in [0.15, 0.2) is 0 Å². The van der Waals surface area contributed by atoms with E-state index in [1.165, 1.54) is 7.11 Å². The zero-order chi connectivity index (χ0) is 16.0. The molecule has 3 atom stereocenters. The van der Waals surface area contributed by atoms with Crippen LogP contribution < -0.4 is 5.32 Å². The molecule has 120 valence electrons. The van der Waals surface area contributed by atoms with Gasteiger partial charge in [0.2, 0.25) is 0 Å². The minimum atomic E-state index is -1.30. The Morgan fingerprint density at radius 1 is 1.48 bits per heavy atom. The largest absolute Gasteiger partial charge is 0.480 e. The standard InChI is InChI=1S/C13H22N2O6/c1-4-9-7-21-8(2)6-15(9)13(19)14-10(12(17)18)5-11(16)20-3/h8-10H,4-7H2,1-3H3,(H,14,19)(H,17,18)/t8?,9?,10-/m0/s1. The number of carboxylic acid groups (broad SMARTS) is 1. The third-order valence-corrected chi connectivity index (χ3v) is 3.39. The van der Waals surface area contributed by atoms with Gasteiger partial charge in [0.1, 0.15) is 6.04 Å². The van der Waals surface area contributed by atoms with Crippen molar-refractivity contribution in [1.29, 1.82) is 0 Å². The van der Waals surface area contributed by atoms with Crippen molar-refractivity contribution in [2.45, 2.75) is 44.9 Å². The average molecular weight is 302 g/mol. The molecule has 0 aromatic heterocycles. The summed E-state index contributed by atoms with van der Waals surface area (Å²) in [5, 5.41) is 11.4. The van der Waals surface area contributed by atoms with Crippen molar-refractivity contribution in [2.24, 2.45) is 0 Å². The predicted octanol–water partition coefficient (Wildman–Crippen LogP) is 0.212. The molecule has 0 aliphatic carbocycles. The van der Waals surface area contributed by atoms with Gasteiger partial charge in [0.25, 0.3) is 0 Å². The van der Waals surface area contributed by atoms with Gasteiger partial charge < -0.3 is 24.8 Å². The molecule has 1 fully saturated rings. The van der Waals surface area contributed by atoms with Crippen molar-refractivity contribution in [2.75, 3.05) is 20.3 Å². The van der Waals surface area contributed by atoms with E-state index in [2.05, 4.69) is 10.1 Å². The Morgan fingerprint density at radius 2 is 2.14 bits per heavy atom. The fourth-order valence-corrected chi connectivity index (χ4v) is 2.11. The Hall–Kier alpha value is -1.83. The van der Waals surface area contributed by atoms with E-state index in [-0.39, 0.29) is 12.1 Å². The minimum Gasteiger partial charge on any atom is -0.480 e. The molecule has 1 aliphatic heterocycles. The van der Waals surface area contributed by atoms with Crippen molar-refractivity contribution in [3.05, 3.63) is 0 Å². The highest BCUT2D eigenvalue weighted by molar-refractivity contribution is 5.86. The number of nitrogens with zero attached hydrogens (tertiary/aromatic N) is 1. The highest BCUT2D eigenvalue weighted by Gasteiger charge is 2.32. The first-order chi connectivity index (χ1) is 9.88. The summed E-state index contributed by atoms with van der Waals surface area (Å²) >= 11 is 0. The molecule has 0 aromatic rings. The van der Waals surface area contributed by atoms with Crippen molar-refractivity contribution >= 4 is 18.0 Å². The molecule has 1 saturated heterocycles. The first kappa shape index (κ1) is 17.2. The van der Waals surface area contributed by atoms with Gasteiger partial charge >= 0.3 is 18.0 Å². The van der Waals surface area contributed by atoms with Gasteiger partial charge in [-0.25, -0.2) is 9.59 Å². The second-order valence-electron chi connectivity index (χ2n) is 4.98. The number of hydrogen-bond acceptors (Lipinski definition) is 5. The molecule has 0 aromatic carbocycles. The molecule has 1 rings (SSSR count). The molecule has 1 aliphatic rings. The zero-order valence-corrected chi connectivity index (χ0v) is 12.5. The maximum atomic E-state index is 12.2. The molecule has 21 heavy (non-hydrogen) atoms. The summed E-state index contributed by atoms with van der Waals surface area (Å²) < 4.78 is 9.91. The van der Waals surface area contributed by atoms with Gasteiger partial charge in [-0.05, 0) is 13.3 Å². The van der Waals surface area contributed by atoms with Crippen LogP contribution in [0.1, 0.15) is 26.7 Å². The van der Waals surface area contributed by atoms with Gasteiger partial charge in [-0.15, -0.1) is 0 Å². The number of carboxylic acids is 1. The van der Waals surface area contributed by atoms with Crippen molar-refractivity contribution < 1.29 is 29.0 Å². The number of carbonyl (C=O) groups excluding carboxylic acids is 2. The summed E-state index contributed by atoms with van der Waals surface area (Å²) in [7, 11) is 1.17. The Bertz CT molecular complexity index is 400. The summed E-state index contributed by atoms with van der Waals surface area (Å²) in [5.41, 5.74) is 0. The number of amides is 2. The fraction of sp³-hybridized carbons (Fsp3) is 0.769. The SMILES string of the molecule is CCC1COC(C)CN1C(=O)N[C@@H](CC(=O)OC)C(=O)O. The summed E-state index contributed by atoms with van der Waals surface area (Å²) in [5.74, 6) is -1.96. The molecule has 0 saturated carbocycles. The van der Waals surface area contributed by atoms with E-state index in [1.807, 2.05) is 13.8 Å². The summed E-state index contributed by atoms with van der Waals surface area (Å²) in [6.45, 7) is 4.57. The molecule has 0 spiro atoms. The molecular weight excluding hydrogens is 280 g/mol. The van der Waals surface area contributed by atoms with E-state index in [9.17, 15) is 14.4 Å². The quantitative estimate of drug-likeness (QED) is 0.703. The molecule has 2 N–H and O–H groups in total. The molecule has 2 amide bonds. The van der Waals surface area contributed by atoms with Gasteiger partial charge in [-0.1, -0.05) is 6.92 Å². The number of rotatable bonds is 5. The smallest absolute Gasteiger partial charge is 0.326 e. The molecule has 1 heterocycles. The van der Waals surface area contributed by atoms with Crippen LogP contribution in [0.4, 0.5) is 4.79 Å². The maximum absolute atomic E-state index is 12.2. The number of nitrogens with one attached hydrogen (secondary N) is 1. The number of urea groups is 1. The number of aliphatic carboxylic acids is 1. The third kappa shape index (κ3) is 4.89. The van der Waals surface area contributed by atoms with Crippen LogP contribution in [0.3, 0.4) is 0 Å². The van der Waals surface area contributed by atoms with E-state index in [0.29, 0.717) is 19.6 Å². The minimum absolute atomic E-state index is 0.103. The van der Waals surface area contributed by atoms with Gasteiger partial charge in [-0.3, -0.25) is 4.79 Å². The lowest BCUT2D eigenvalue weighted by Gasteiger charge is -2.38. The second kappa shape index (κ2) is 7.82. The van der Waals surface area contributed by atoms with E-state index in [4.69, 9.17) is 9.84 Å². The molecule has 8 nitrogen and oxygen atoms in total. The lowest BCUT2D eigenvalue weighted by Crippen LogP contribution is -2.57. The fourth-order valence-electron chi connectivity index (χ4n) is 2.11. The van der Waals surface area contributed by atoms with Crippen LogP contribution in [-0.2, 0) is 19.1 Å². The summed E-state index contributed by atoms with van der Waals surface area (Å²) in [4.78, 5) is 36.1. The lowest BCUT2D eigenvalue weighted by atomic mass is 10.1. The van der Waals surface area contributed by atoms with E-state index < -0.39 is 30.4 Å². The van der Waals surface area contributed by atoms with Crippen molar-refractivity contribution in [3.63, 3.8) is 0 Å². The van der Waals surface area contributed by atoms with Crippen LogP contribution in [-0.4, -0.2) is 66.4 Å². The lowest BCUT2D eigenvalue weighted by molar-refractivity contribution is -0.147. The molecule has 0 radical (unpaired) electrons. The first-order valence-corrected chi connectivity index (χ1v) is 6.87. The van der Waals surface area contributed by atoms with Crippen molar-refractivity contribution in [3.8, 4) is 0 Å². The summed E-state index contributed by atoms with van der Waals surface area (Å²) in [6.07, 6.45) is 0.186. The van der Waals surface area contributed by atoms with Crippen LogP contribution in [0.25, 0.3) is 0 Å². The Kier molecular flexibility index (Phi) is 6.41. The maximum Gasteiger partial charge on any atom is 0.326 e. The number of methoxy groups -OCH3 is 1. The zero-order valence-electron chi connectivity index (χ0n) is 12.5. The van der Waals surface area contributed by atoms with Gasteiger partial charge in [0.15, 0.2) is 0 Å². The number of hydrogen-bond donors (Lipinski definition) is 2. The summed E-state index contributed by atoms with van der Waals surface area (Å²) in [6, 6.07) is -1.91. The third-order valence-electron chi connectivity index (χ3n) is 3.39. The van der Waals surface area contributed by atoms with Crippen molar-refractivity contribution in [1.82, 2.24) is 10.2 Å². The Morgan fingerprint density at radius 3 is 2.67 bits per heavy atom. The van der Waals surface area contributed by atoms with Gasteiger partial charge in [0.05, 0.1) is 32.3 Å². The number of carbonyl (C=O) groups is 3. The molecule has 0 bridgehead atoms. The second-order valence-corrected chi connectivity index (χ2v) is 4.98. The number of ether oxygens (including phenoxy) is 2. The highest BCUT2D eigenvalue weighted by atomic mass is 16.5. The van der Waals surface area contributed by atoms with Gasteiger partial charge in [0, 0.05) is 6.54 Å². The molecule has 2 unspecified atom stereocenters. The van der Waals surface area contributed by atoms with Crippen LogP contribution in [0.2, 0.25) is 0 Å².